The second-order valence-corrected chi connectivity index (χ2v) is 3.80. The topological polar surface area (TPSA) is 35.0 Å². The molecule has 0 aliphatic carbocycles. The lowest BCUT2D eigenvalue weighted by molar-refractivity contribution is -0.00850. The van der Waals surface area contributed by atoms with Gasteiger partial charge in [-0.15, -0.1) is 0 Å². The minimum absolute atomic E-state index is 0.207. The van der Waals surface area contributed by atoms with E-state index in [-0.39, 0.29) is 5.60 Å². The van der Waals surface area contributed by atoms with Crippen molar-refractivity contribution < 1.29 is 4.74 Å². The fourth-order valence-corrected chi connectivity index (χ4v) is 1.57. The van der Waals surface area contributed by atoms with Crippen molar-refractivity contribution in [1.82, 2.24) is 9.97 Å². The number of hydrogen-bond donors (Lipinski definition) is 0. The Kier molecular flexibility index (Phi) is 1.84. The van der Waals surface area contributed by atoms with Crippen LogP contribution in [0, 0.1) is 0 Å². The number of nitrogens with zero attached hydrogens (tertiary/aromatic N) is 2. The van der Waals surface area contributed by atoms with Gasteiger partial charge in [-0.05, 0) is 13.8 Å². The predicted molar refractivity (Wildman–Crippen MR) is 49.2 cm³/mol. The summed E-state index contributed by atoms with van der Waals surface area (Å²) in [4.78, 5) is 8.70. The summed E-state index contributed by atoms with van der Waals surface area (Å²) in [6.07, 6.45) is 2.78. The van der Waals surface area contributed by atoms with Gasteiger partial charge in [0.15, 0.2) is 0 Å². The van der Waals surface area contributed by atoms with Crippen molar-refractivity contribution in [3.8, 4) is 0 Å². The molecule has 0 bridgehead atoms. The van der Waals surface area contributed by atoms with Gasteiger partial charge in [0.05, 0.1) is 17.9 Å². The van der Waals surface area contributed by atoms with Crippen LogP contribution in [0.1, 0.15) is 37.9 Å². The second kappa shape index (κ2) is 2.77. The summed E-state index contributed by atoms with van der Waals surface area (Å²) in [7, 11) is 0. The third-order valence-corrected chi connectivity index (χ3v) is 2.45. The maximum atomic E-state index is 5.61. The summed E-state index contributed by atoms with van der Waals surface area (Å²) in [5.41, 5.74) is 1.98. The van der Waals surface area contributed by atoms with Gasteiger partial charge in [-0.25, -0.2) is 9.97 Å². The average Bonchev–Trinajstić information content (AvgIpc) is 2.42. The van der Waals surface area contributed by atoms with Gasteiger partial charge >= 0.3 is 0 Å². The quantitative estimate of drug-likeness (QED) is 0.657. The maximum absolute atomic E-state index is 5.61. The Hall–Kier alpha value is -0.960. The number of ether oxygens (including phenoxy) is 1. The molecule has 13 heavy (non-hydrogen) atoms. The third-order valence-electron chi connectivity index (χ3n) is 2.45. The van der Waals surface area contributed by atoms with Crippen LogP contribution in [0.4, 0.5) is 0 Å². The molecule has 70 valence electrons. The summed E-state index contributed by atoms with van der Waals surface area (Å²) < 4.78 is 5.61. The Labute approximate surface area is 78.2 Å². The number of aromatic nitrogens is 2. The molecule has 1 aliphatic heterocycles. The van der Waals surface area contributed by atoms with Crippen molar-refractivity contribution in [3.63, 3.8) is 0 Å². The summed E-state index contributed by atoms with van der Waals surface area (Å²) in [6, 6.07) is 0. The minimum Gasteiger partial charge on any atom is -0.364 e. The molecule has 1 aliphatic rings. The van der Waals surface area contributed by atoms with E-state index in [2.05, 4.69) is 16.9 Å². The lowest BCUT2D eigenvalue weighted by Gasteiger charge is -2.16. The molecule has 0 amide bonds. The molecule has 1 aromatic heterocycles. The van der Waals surface area contributed by atoms with Gasteiger partial charge in [-0.1, -0.05) is 6.92 Å². The lowest BCUT2D eigenvalue weighted by Crippen LogP contribution is -2.15. The van der Waals surface area contributed by atoms with E-state index < -0.39 is 0 Å². The summed E-state index contributed by atoms with van der Waals surface area (Å²) in [5.74, 6) is 0.903. The van der Waals surface area contributed by atoms with E-state index in [1.807, 2.05) is 20.0 Å². The molecular weight excluding hydrogens is 164 g/mol. The van der Waals surface area contributed by atoms with Crippen LogP contribution < -0.4 is 0 Å². The van der Waals surface area contributed by atoms with Crippen molar-refractivity contribution in [1.29, 1.82) is 0 Å². The van der Waals surface area contributed by atoms with E-state index in [9.17, 15) is 0 Å². The Balaban J connectivity index is 2.46. The summed E-state index contributed by atoms with van der Waals surface area (Å²) in [6.45, 7) is 6.78. The van der Waals surface area contributed by atoms with Crippen LogP contribution in [0.5, 0.6) is 0 Å². The molecule has 3 heteroatoms. The zero-order chi connectivity index (χ0) is 9.47. The van der Waals surface area contributed by atoms with E-state index >= 15 is 0 Å². The van der Waals surface area contributed by atoms with Crippen LogP contribution in [0.25, 0.3) is 0 Å². The number of hydrogen-bond acceptors (Lipinski definition) is 3. The van der Waals surface area contributed by atoms with Gasteiger partial charge in [0, 0.05) is 18.2 Å². The fourth-order valence-electron chi connectivity index (χ4n) is 1.57. The molecule has 0 aromatic carbocycles. The van der Waals surface area contributed by atoms with Gasteiger partial charge in [-0.3, -0.25) is 0 Å². The van der Waals surface area contributed by atoms with Gasteiger partial charge in [0.2, 0.25) is 0 Å². The molecular formula is C10H14N2O. The molecule has 3 nitrogen and oxygen atoms in total. The van der Waals surface area contributed by atoms with Crippen LogP contribution in [0.2, 0.25) is 0 Å². The second-order valence-electron chi connectivity index (χ2n) is 3.80. The monoisotopic (exact) mass is 178 g/mol. The minimum atomic E-state index is -0.207. The number of rotatable bonds is 1. The molecule has 1 aromatic rings. The maximum Gasteiger partial charge on any atom is 0.128 e. The van der Waals surface area contributed by atoms with Crippen molar-refractivity contribution in [2.75, 3.05) is 0 Å². The zero-order valence-electron chi connectivity index (χ0n) is 8.29. The highest BCUT2D eigenvalue weighted by molar-refractivity contribution is 5.26. The van der Waals surface area contributed by atoms with Crippen LogP contribution in [-0.4, -0.2) is 9.97 Å². The van der Waals surface area contributed by atoms with Gasteiger partial charge < -0.3 is 4.74 Å². The largest absolute Gasteiger partial charge is 0.364 e. The first-order valence-corrected chi connectivity index (χ1v) is 4.62. The number of aryl methyl sites for hydroxylation is 1. The van der Waals surface area contributed by atoms with Crippen molar-refractivity contribution >= 4 is 0 Å². The smallest absolute Gasteiger partial charge is 0.128 e. The van der Waals surface area contributed by atoms with E-state index in [4.69, 9.17) is 4.74 Å². The molecule has 0 N–H and O–H groups in total. The van der Waals surface area contributed by atoms with E-state index in [0.717, 1.165) is 23.5 Å². The Morgan fingerprint density at radius 1 is 1.54 bits per heavy atom. The first kappa shape index (κ1) is 8.63. The van der Waals surface area contributed by atoms with Crippen molar-refractivity contribution in [2.24, 2.45) is 0 Å². The molecule has 0 spiro atoms. The zero-order valence-corrected chi connectivity index (χ0v) is 8.29. The third kappa shape index (κ3) is 1.33. The highest BCUT2D eigenvalue weighted by atomic mass is 16.5. The Morgan fingerprint density at radius 2 is 2.31 bits per heavy atom. The van der Waals surface area contributed by atoms with Crippen molar-refractivity contribution in [2.45, 2.75) is 39.4 Å². The van der Waals surface area contributed by atoms with Gasteiger partial charge in [0.1, 0.15) is 5.82 Å². The highest BCUT2D eigenvalue weighted by Crippen LogP contribution is 2.33. The molecule has 0 saturated carbocycles. The van der Waals surface area contributed by atoms with E-state index in [1.54, 1.807) is 0 Å². The Bertz CT molecular complexity index is 334. The van der Waals surface area contributed by atoms with E-state index in [1.165, 1.54) is 0 Å². The van der Waals surface area contributed by atoms with Gasteiger partial charge in [-0.2, -0.15) is 0 Å². The summed E-state index contributed by atoms with van der Waals surface area (Å²) in [5, 5.41) is 0. The molecule has 2 heterocycles. The summed E-state index contributed by atoms with van der Waals surface area (Å²) >= 11 is 0. The van der Waals surface area contributed by atoms with Crippen molar-refractivity contribution in [3.05, 3.63) is 23.3 Å². The molecule has 0 saturated heterocycles. The molecule has 0 radical (unpaired) electrons. The SMILES string of the molecule is CCc1ncc2c(n1)COC2(C)C. The Morgan fingerprint density at radius 3 is 3.00 bits per heavy atom. The fraction of sp³-hybridized carbons (Fsp3) is 0.600. The average molecular weight is 178 g/mol. The molecule has 0 fully saturated rings. The normalized spacial score (nSPS) is 18.7. The predicted octanol–water partition coefficient (Wildman–Crippen LogP) is 1.80. The standard InChI is InChI=1S/C10H14N2O/c1-4-9-11-5-7-8(12-9)6-13-10(7,2)3/h5H,4,6H2,1-3H3. The van der Waals surface area contributed by atoms with Crippen LogP contribution in [-0.2, 0) is 23.4 Å². The number of fused-ring (bicyclic) bond motifs is 1. The first-order chi connectivity index (χ1) is 6.13. The van der Waals surface area contributed by atoms with Crippen LogP contribution >= 0.6 is 0 Å². The van der Waals surface area contributed by atoms with E-state index in [0.29, 0.717) is 6.61 Å². The van der Waals surface area contributed by atoms with Crippen LogP contribution in [0.15, 0.2) is 6.20 Å². The molecule has 0 unspecified atom stereocenters. The lowest BCUT2D eigenvalue weighted by atomic mass is 10.0. The highest BCUT2D eigenvalue weighted by Gasteiger charge is 2.32. The van der Waals surface area contributed by atoms with Crippen LogP contribution in [0.3, 0.4) is 0 Å². The molecule has 0 atom stereocenters. The molecule has 2 rings (SSSR count). The van der Waals surface area contributed by atoms with Gasteiger partial charge in [0.25, 0.3) is 0 Å². The first-order valence-electron chi connectivity index (χ1n) is 4.62.